The maximum absolute atomic E-state index is 14.5. The molecule has 2 bridgehead atoms. The number of aromatic hydroxyl groups is 1. The molecular formula is C36H34N2O5. The minimum absolute atomic E-state index is 0.0506. The number of hydrogen-bond donors (Lipinski definition) is 2. The summed E-state index contributed by atoms with van der Waals surface area (Å²) in [5.41, 5.74) is 2.29. The van der Waals surface area contributed by atoms with Gasteiger partial charge in [0, 0.05) is 18.2 Å². The van der Waals surface area contributed by atoms with Crippen molar-refractivity contribution in [1.29, 1.82) is 0 Å². The van der Waals surface area contributed by atoms with Gasteiger partial charge in [-0.15, -0.1) is 0 Å². The van der Waals surface area contributed by atoms with Crippen LogP contribution in [0.25, 0.3) is 11.1 Å². The molecule has 9 rings (SSSR count). The lowest BCUT2D eigenvalue weighted by atomic mass is 9.48. The summed E-state index contributed by atoms with van der Waals surface area (Å²) in [4.78, 5) is 32.9. The Morgan fingerprint density at radius 2 is 1.49 bits per heavy atom. The molecule has 2 N–H and O–H groups in total. The molecule has 3 aliphatic carbocycles. The number of hydrogen-bond acceptors (Lipinski definition) is 6. The van der Waals surface area contributed by atoms with Crippen LogP contribution in [0.3, 0.4) is 0 Å². The van der Waals surface area contributed by atoms with Gasteiger partial charge in [-0.05, 0) is 73.7 Å². The minimum Gasteiger partial charge on any atom is -0.504 e. The van der Waals surface area contributed by atoms with Crippen LogP contribution in [-0.4, -0.2) is 68.7 Å². The number of phenols is 1. The van der Waals surface area contributed by atoms with Crippen molar-refractivity contribution in [3.63, 3.8) is 0 Å². The van der Waals surface area contributed by atoms with Crippen molar-refractivity contribution in [3.05, 3.63) is 95.1 Å². The van der Waals surface area contributed by atoms with E-state index in [2.05, 4.69) is 4.90 Å². The number of rotatable bonds is 5. The lowest BCUT2D eigenvalue weighted by Crippen LogP contribution is -2.78. The lowest BCUT2D eigenvalue weighted by Gasteiger charge is -2.64. The summed E-state index contributed by atoms with van der Waals surface area (Å²) in [6.45, 7) is 1.81. The second kappa shape index (κ2) is 8.80. The van der Waals surface area contributed by atoms with E-state index < -0.39 is 23.2 Å². The van der Waals surface area contributed by atoms with E-state index in [9.17, 15) is 19.8 Å². The summed E-state index contributed by atoms with van der Waals surface area (Å²) in [6, 6.07) is 21.8. The van der Waals surface area contributed by atoms with Gasteiger partial charge in [-0.2, -0.15) is 0 Å². The van der Waals surface area contributed by atoms with Gasteiger partial charge in [-0.1, -0.05) is 66.7 Å². The molecule has 0 aromatic heterocycles. The Hall–Kier alpha value is -3.94. The molecule has 0 radical (unpaired) electrons. The highest BCUT2D eigenvalue weighted by molar-refractivity contribution is 6.49. The third kappa shape index (κ3) is 3.27. The quantitative estimate of drug-likeness (QED) is 0.442. The van der Waals surface area contributed by atoms with Gasteiger partial charge in [-0.25, -0.2) is 0 Å². The molecule has 3 heterocycles. The molecule has 1 saturated heterocycles. The third-order valence-electron chi connectivity index (χ3n) is 11.3. The van der Waals surface area contributed by atoms with Crippen LogP contribution in [0.4, 0.5) is 0 Å². The fourth-order valence-electron chi connectivity index (χ4n) is 9.31. The number of carbonyl (C=O) groups is 2. The van der Waals surface area contributed by atoms with Gasteiger partial charge < -0.3 is 14.9 Å². The summed E-state index contributed by atoms with van der Waals surface area (Å²) in [5, 5.41) is 23.9. The fourth-order valence-corrected chi connectivity index (χ4v) is 9.31. The zero-order chi connectivity index (χ0) is 29.1. The predicted molar refractivity (Wildman–Crippen MR) is 160 cm³/mol. The third-order valence-corrected chi connectivity index (χ3v) is 11.3. The number of nitrogens with zero attached hydrogens (tertiary/aromatic N) is 2. The van der Waals surface area contributed by atoms with Crippen LogP contribution in [0.2, 0.25) is 0 Å². The predicted octanol–water partition coefficient (Wildman–Crippen LogP) is 4.30. The molecule has 2 saturated carbocycles. The van der Waals surface area contributed by atoms with E-state index in [1.165, 1.54) is 17.7 Å². The monoisotopic (exact) mass is 574 g/mol. The number of imide groups is 1. The largest absolute Gasteiger partial charge is 0.504 e. The molecule has 218 valence electrons. The molecule has 1 spiro atoms. The van der Waals surface area contributed by atoms with Crippen LogP contribution in [-0.2, 0) is 21.4 Å². The van der Waals surface area contributed by atoms with E-state index in [0.717, 1.165) is 24.2 Å². The molecule has 3 fully saturated rings. The smallest absolute Gasteiger partial charge is 0.262 e. The summed E-state index contributed by atoms with van der Waals surface area (Å²) in [5.74, 6) is 0.504. The Morgan fingerprint density at radius 1 is 0.837 bits per heavy atom. The lowest BCUT2D eigenvalue weighted by molar-refractivity contribution is -0.201. The Balaban J connectivity index is 1.18. The van der Waals surface area contributed by atoms with Crippen molar-refractivity contribution >= 4 is 23.0 Å². The van der Waals surface area contributed by atoms with Crippen LogP contribution in [0, 0.1) is 5.92 Å². The van der Waals surface area contributed by atoms with Crippen LogP contribution in [0.15, 0.2) is 72.8 Å². The Labute approximate surface area is 250 Å². The van der Waals surface area contributed by atoms with Crippen molar-refractivity contribution in [2.24, 2.45) is 5.92 Å². The molecule has 2 amide bonds. The van der Waals surface area contributed by atoms with Gasteiger partial charge >= 0.3 is 0 Å². The number of amides is 2. The van der Waals surface area contributed by atoms with Gasteiger partial charge in [0.25, 0.3) is 11.8 Å². The highest BCUT2D eigenvalue weighted by Gasteiger charge is 2.74. The van der Waals surface area contributed by atoms with Crippen LogP contribution in [0.5, 0.6) is 11.5 Å². The first-order valence-corrected chi connectivity index (χ1v) is 15.6. The number of ether oxygens (including phenoxy) is 1. The molecule has 6 aliphatic rings. The summed E-state index contributed by atoms with van der Waals surface area (Å²) in [6.07, 6.45) is 4.08. The number of benzene rings is 3. The normalized spacial score (nSPS) is 32.7. The molecule has 5 atom stereocenters. The van der Waals surface area contributed by atoms with Crippen LogP contribution in [0.1, 0.15) is 54.4 Å². The molecule has 3 aromatic carbocycles. The van der Waals surface area contributed by atoms with Crippen LogP contribution >= 0.6 is 0 Å². The SMILES string of the molecule is O=C1C(c2ccccc2)=C(c2ccccc2)C(=O)N1C1CC[C@@]2(O)[C@H]3Cc4ccc(O)c5c4[C@@]2(CCN3CC2CC2)C1O5. The molecule has 7 nitrogen and oxygen atoms in total. The first-order chi connectivity index (χ1) is 20.9. The molecule has 3 aliphatic heterocycles. The topological polar surface area (TPSA) is 90.3 Å². The van der Waals surface area contributed by atoms with Crippen molar-refractivity contribution in [1.82, 2.24) is 9.80 Å². The molecule has 7 heteroatoms. The van der Waals surface area contributed by atoms with Crippen LogP contribution < -0.4 is 4.74 Å². The minimum atomic E-state index is -1.09. The van der Waals surface area contributed by atoms with E-state index in [1.807, 2.05) is 66.7 Å². The summed E-state index contributed by atoms with van der Waals surface area (Å²) < 4.78 is 6.71. The highest BCUT2D eigenvalue weighted by Crippen LogP contribution is 2.66. The second-order valence-corrected chi connectivity index (χ2v) is 13.4. The standard InChI is InChI=1S/C36H34N2O5/c39-26-14-13-24-19-27-36(42)16-15-25(32-35(36,30(24)31(26)43-32)17-18-37(27)20-21-11-12-21)38-33(40)28(22-7-3-1-4-8-22)29(34(38)41)23-9-5-2-6-10-23/h1-10,13-14,21,25,27,32,39,42H,11-12,15-20H2/t25?,27-,32?,35+,36-/m1/s1. The van der Waals surface area contributed by atoms with E-state index in [0.29, 0.717) is 59.6 Å². The van der Waals surface area contributed by atoms with Crippen molar-refractivity contribution < 1.29 is 24.5 Å². The van der Waals surface area contributed by atoms with Gasteiger partial charge in [0.1, 0.15) is 6.10 Å². The van der Waals surface area contributed by atoms with E-state index in [-0.39, 0.29) is 23.6 Å². The van der Waals surface area contributed by atoms with E-state index in [4.69, 9.17) is 4.74 Å². The maximum Gasteiger partial charge on any atom is 0.262 e. The number of carbonyl (C=O) groups excluding carboxylic acids is 2. The van der Waals surface area contributed by atoms with E-state index >= 15 is 0 Å². The Morgan fingerprint density at radius 3 is 2.12 bits per heavy atom. The maximum atomic E-state index is 14.5. The Kier molecular flexibility index (Phi) is 5.23. The number of piperidine rings is 1. The van der Waals surface area contributed by atoms with Crippen molar-refractivity contribution in [3.8, 4) is 11.5 Å². The second-order valence-electron chi connectivity index (χ2n) is 13.4. The summed E-state index contributed by atoms with van der Waals surface area (Å²) >= 11 is 0. The number of likely N-dealkylation sites (tertiary alicyclic amines) is 1. The van der Waals surface area contributed by atoms with E-state index in [1.54, 1.807) is 6.07 Å². The average molecular weight is 575 g/mol. The first-order valence-electron chi connectivity index (χ1n) is 15.6. The molecule has 3 aromatic rings. The zero-order valence-corrected chi connectivity index (χ0v) is 23.9. The molecule has 43 heavy (non-hydrogen) atoms. The van der Waals surface area contributed by atoms with Gasteiger partial charge in [0.15, 0.2) is 11.5 Å². The summed E-state index contributed by atoms with van der Waals surface area (Å²) in [7, 11) is 0. The van der Waals surface area contributed by atoms with Gasteiger partial charge in [0.2, 0.25) is 0 Å². The first kappa shape index (κ1) is 25.5. The number of aliphatic hydroxyl groups is 1. The average Bonchev–Trinajstić information content (AvgIpc) is 3.71. The highest BCUT2D eigenvalue weighted by atomic mass is 16.5. The number of phenolic OH excluding ortho intramolecular Hbond substituents is 1. The fraction of sp³-hybridized carbons (Fsp3) is 0.389. The molecular weight excluding hydrogens is 540 g/mol. The van der Waals surface area contributed by atoms with Gasteiger partial charge in [0.05, 0.1) is 28.2 Å². The Bertz CT molecular complexity index is 1650. The zero-order valence-electron chi connectivity index (χ0n) is 23.9. The van der Waals surface area contributed by atoms with Crippen molar-refractivity contribution in [2.45, 2.75) is 67.7 Å². The van der Waals surface area contributed by atoms with Gasteiger partial charge in [-0.3, -0.25) is 19.4 Å². The van der Waals surface area contributed by atoms with Crippen molar-refractivity contribution in [2.75, 3.05) is 13.1 Å². The molecule has 2 unspecified atom stereocenters.